The fraction of sp³-hybridized carbons (Fsp3) is 1.00. The summed E-state index contributed by atoms with van der Waals surface area (Å²) in [6, 6.07) is 0. The van der Waals surface area contributed by atoms with Crippen molar-refractivity contribution in [3.63, 3.8) is 0 Å². The van der Waals surface area contributed by atoms with E-state index in [1.54, 1.807) is 0 Å². The zero-order chi connectivity index (χ0) is 14.1. The molecule has 4 heteroatoms. The van der Waals surface area contributed by atoms with Crippen molar-refractivity contribution < 1.29 is 13.5 Å². The Labute approximate surface area is 115 Å². The number of alkyl halides is 2. The van der Waals surface area contributed by atoms with Crippen molar-refractivity contribution in [3.8, 4) is 0 Å². The van der Waals surface area contributed by atoms with E-state index < -0.39 is 5.92 Å². The van der Waals surface area contributed by atoms with Crippen molar-refractivity contribution >= 4 is 0 Å². The standard InChI is InChI=1S/C15H27F2NO/c1-12(2)19-11-14(8-15(16,17)9-14)10-18-6-4-13(3)5-7-18/h12-13H,4-11H2,1-3H3. The lowest BCUT2D eigenvalue weighted by Crippen LogP contribution is -2.56. The summed E-state index contributed by atoms with van der Waals surface area (Å²) in [5.41, 5.74) is -0.311. The smallest absolute Gasteiger partial charge is 0.249 e. The van der Waals surface area contributed by atoms with Crippen LogP contribution in [0, 0.1) is 11.3 Å². The van der Waals surface area contributed by atoms with Crippen LogP contribution in [0.3, 0.4) is 0 Å². The quantitative estimate of drug-likeness (QED) is 0.760. The summed E-state index contributed by atoms with van der Waals surface area (Å²) in [5, 5.41) is 0. The molecule has 0 N–H and O–H groups in total. The molecule has 19 heavy (non-hydrogen) atoms. The summed E-state index contributed by atoms with van der Waals surface area (Å²) in [6.07, 6.45) is 2.50. The average Bonchev–Trinajstić information content (AvgIpc) is 2.27. The molecule has 0 aromatic carbocycles. The van der Waals surface area contributed by atoms with Gasteiger partial charge in [0.25, 0.3) is 0 Å². The van der Waals surface area contributed by atoms with Crippen LogP contribution in [0.15, 0.2) is 0 Å². The van der Waals surface area contributed by atoms with Gasteiger partial charge in [-0.3, -0.25) is 0 Å². The van der Waals surface area contributed by atoms with E-state index in [0.717, 1.165) is 25.6 Å². The van der Waals surface area contributed by atoms with Crippen LogP contribution in [0.2, 0.25) is 0 Å². The van der Waals surface area contributed by atoms with Gasteiger partial charge in [-0.15, -0.1) is 0 Å². The highest BCUT2D eigenvalue weighted by atomic mass is 19.3. The maximum absolute atomic E-state index is 13.3. The number of likely N-dealkylation sites (tertiary alicyclic amines) is 1. The van der Waals surface area contributed by atoms with Crippen LogP contribution in [0.25, 0.3) is 0 Å². The lowest BCUT2D eigenvalue weighted by molar-refractivity contribution is -0.195. The molecule has 2 nitrogen and oxygen atoms in total. The molecular weight excluding hydrogens is 248 g/mol. The number of rotatable bonds is 5. The normalized spacial score (nSPS) is 27.5. The molecule has 0 aromatic heterocycles. The largest absolute Gasteiger partial charge is 0.378 e. The molecule has 0 aromatic rings. The molecule has 112 valence electrons. The molecule has 1 heterocycles. The second-order valence-electron chi connectivity index (χ2n) is 7.03. The van der Waals surface area contributed by atoms with Gasteiger partial charge in [-0.1, -0.05) is 6.92 Å². The lowest BCUT2D eigenvalue weighted by Gasteiger charge is -2.50. The number of nitrogens with zero attached hydrogens (tertiary/aromatic N) is 1. The fourth-order valence-electron chi connectivity index (χ4n) is 3.34. The number of hydrogen-bond donors (Lipinski definition) is 0. The van der Waals surface area contributed by atoms with Gasteiger partial charge in [-0.25, -0.2) is 8.78 Å². The van der Waals surface area contributed by atoms with Crippen LogP contribution >= 0.6 is 0 Å². The molecule has 1 saturated heterocycles. The molecule has 1 aliphatic heterocycles. The second kappa shape index (κ2) is 5.65. The minimum Gasteiger partial charge on any atom is -0.378 e. The predicted molar refractivity (Wildman–Crippen MR) is 72.5 cm³/mol. The minimum atomic E-state index is -2.47. The predicted octanol–water partition coefficient (Wildman–Crippen LogP) is 3.56. The maximum Gasteiger partial charge on any atom is 0.249 e. The van der Waals surface area contributed by atoms with E-state index in [2.05, 4.69) is 11.8 Å². The summed E-state index contributed by atoms with van der Waals surface area (Å²) < 4.78 is 32.2. The van der Waals surface area contributed by atoms with Crippen molar-refractivity contribution in [1.29, 1.82) is 0 Å². The maximum atomic E-state index is 13.3. The van der Waals surface area contributed by atoms with Crippen molar-refractivity contribution in [2.24, 2.45) is 11.3 Å². The van der Waals surface area contributed by atoms with Gasteiger partial charge in [0.05, 0.1) is 12.7 Å². The monoisotopic (exact) mass is 275 g/mol. The molecule has 0 unspecified atom stereocenters. The number of ether oxygens (including phenoxy) is 1. The van der Waals surface area contributed by atoms with Crippen LogP contribution < -0.4 is 0 Å². The zero-order valence-electron chi connectivity index (χ0n) is 12.4. The molecule has 0 radical (unpaired) electrons. The Bertz CT molecular complexity index is 291. The van der Waals surface area contributed by atoms with Gasteiger partial charge < -0.3 is 9.64 Å². The molecule has 2 aliphatic rings. The SMILES string of the molecule is CC1CCN(CC2(COC(C)C)CC(F)(F)C2)CC1. The van der Waals surface area contributed by atoms with Crippen LogP contribution in [0.1, 0.15) is 46.5 Å². The first-order valence-corrected chi connectivity index (χ1v) is 7.52. The molecule has 0 bridgehead atoms. The topological polar surface area (TPSA) is 12.5 Å². The first-order valence-electron chi connectivity index (χ1n) is 7.52. The Hall–Kier alpha value is -0.220. The Morgan fingerprint density at radius 2 is 1.79 bits per heavy atom. The molecule has 1 aliphatic carbocycles. The van der Waals surface area contributed by atoms with Crippen molar-refractivity contribution in [1.82, 2.24) is 4.90 Å². The second-order valence-corrected chi connectivity index (χ2v) is 7.03. The first-order chi connectivity index (χ1) is 8.80. The van der Waals surface area contributed by atoms with E-state index in [-0.39, 0.29) is 24.4 Å². The lowest BCUT2D eigenvalue weighted by atomic mass is 9.66. The number of piperidine rings is 1. The molecule has 2 rings (SSSR count). The molecule has 1 saturated carbocycles. The highest BCUT2D eigenvalue weighted by Crippen LogP contribution is 2.52. The molecule has 0 amide bonds. The van der Waals surface area contributed by atoms with E-state index in [4.69, 9.17) is 4.74 Å². The summed E-state index contributed by atoms with van der Waals surface area (Å²) >= 11 is 0. The van der Waals surface area contributed by atoms with E-state index in [1.165, 1.54) is 12.8 Å². The van der Waals surface area contributed by atoms with Gasteiger partial charge >= 0.3 is 0 Å². The Kier molecular flexibility index (Phi) is 4.51. The van der Waals surface area contributed by atoms with Gasteiger partial charge in [0.15, 0.2) is 0 Å². The fourth-order valence-corrected chi connectivity index (χ4v) is 3.34. The van der Waals surface area contributed by atoms with Crippen LogP contribution in [0.4, 0.5) is 8.78 Å². The van der Waals surface area contributed by atoms with E-state index >= 15 is 0 Å². The summed E-state index contributed by atoms with van der Waals surface area (Å²) in [7, 11) is 0. The van der Waals surface area contributed by atoms with E-state index in [9.17, 15) is 8.78 Å². The third kappa shape index (κ3) is 4.12. The van der Waals surface area contributed by atoms with E-state index in [0.29, 0.717) is 6.61 Å². The van der Waals surface area contributed by atoms with Gasteiger partial charge in [-0.05, 0) is 45.7 Å². The third-order valence-electron chi connectivity index (χ3n) is 4.43. The third-order valence-corrected chi connectivity index (χ3v) is 4.43. The molecule has 0 atom stereocenters. The van der Waals surface area contributed by atoms with Crippen molar-refractivity contribution in [3.05, 3.63) is 0 Å². The average molecular weight is 275 g/mol. The molecule has 2 fully saturated rings. The highest BCUT2D eigenvalue weighted by molar-refractivity contribution is 5.01. The molecular formula is C15H27F2NO. The van der Waals surface area contributed by atoms with Gasteiger partial charge in [0.1, 0.15) is 0 Å². The van der Waals surface area contributed by atoms with Crippen LogP contribution in [-0.4, -0.2) is 43.2 Å². The van der Waals surface area contributed by atoms with Gasteiger partial charge in [0.2, 0.25) is 5.92 Å². The van der Waals surface area contributed by atoms with Crippen molar-refractivity contribution in [2.75, 3.05) is 26.2 Å². The van der Waals surface area contributed by atoms with E-state index in [1.807, 2.05) is 13.8 Å². The first kappa shape index (κ1) is 15.2. The van der Waals surface area contributed by atoms with Crippen LogP contribution in [0.5, 0.6) is 0 Å². The summed E-state index contributed by atoms with van der Waals surface area (Å²) in [6.45, 7) is 9.56. The Morgan fingerprint density at radius 3 is 2.26 bits per heavy atom. The molecule has 0 spiro atoms. The summed E-state index contributed by atoms with van der Waals surface area (Å²) in [4.78, 5) is 2.36. The Balaban J connectivity index is 1.88. The number of halogens is 2. The van der Waals surface area contributed by atoms with Crippen LogP contribution in [-0.2, 0) is 4.74 Å². The Morgan fingerprint density at radius 1 is 1.21 bits per heavy atom. The van der Waals surface area contributed by atoms with Crippen molar-refractivity contribution in [2.45, 2.75) is 58.5 Å². The zero-order valence-corrected chi connectivity index (χ0v) is 12.4. The minimum absolute atomic E-state index is 0.00122. The van der Waals surface area contributed by atoms with Gasteiger partial charge in [0, 0.05) is 24.8 Å². The highest BCUT2D eigenvalue weighted by Gasteiger charge is 2.57. The number of hydrogen-bond acceptors (Lipinski definition) is 2. The van der Waals surface area contributed by atoms with Gasteiger partial charge in [-0.2, -0.15) is 0 Å². The summed E-state index contributed by atoms with van der Waals surface area (Å²) in [5.74, 6) is -1.69.